The fourth-order valence-corrected chi connectivity index (χ4v) is 1.90. The molecule has 1 N–H and O–H groups in total. The van der Waals surface area contributed by atoms with Crippen LogP contribution in [0.5, 0.6) is 0 Å². The molecule has 2 rings (SSSR count). The molecule has 0 aliphatic heterocycles. The van der Waals surface area contributed by atoms with E-state index in [1.165, 1.54) is 12.7 Å². The highest BCUT2D eigenvalue weighted by molar-refractivity contribution is 5.76. The van der Waals surface area contributed by atoms with Gasteiger partial charge >= 0.3 is 5.97 Å². The van der Waals surface area contributed by atoms with E-state index in [9.17, 15) is 4.79 Å². The second-order valence-corrected chi connectivity index (χ2v) is 4.52. The van der Waals surface area contributed by atoms with Crippen molar-refractivity contribution in [1.29, 1.82) is 0 Å². The second-order valence-electron chi connectivity index (χ2n) is 4.52. The standard InChI is InChI=1S/C13H18N2O2/c1-9-5-6-14-7-11(9)8-15-12(10-3-4-10)13(16)17-2/h5-7,10,12,15H,3-4,8H2,1-2H3. The average Bonchev–Trinajstić information content (AvgIpc) is 3.15. The third-order valence-electron chi connectivity index (χ3n) is 3.21. The van der Waals surface area contributed by atoms with Crippen molar-refractivity contribution in [3.63, 3.8) is 0 Å². The molecule has 1 aliphatic rings. The predicted molar refractivity (Wildman–Crippen MR) is 64.3 cm³/mol. The molecule has 0 spiro atoms. The van der Waals surface area contributed by atoms with Crippen molar-refractivity contribution >= 4 is 5.97 Å². The van der Waals surface area contributed by atoms with Gasteiger partial charge in [-0.2, -0.15) is 0 Å². The normalized spacial score (nSPS) is 16.6. The van der Waals surface area contributed by atoms with Gasteiger partial charge < -0.3 is 4.74 Å². The molecule has 1 unspecified atom stereocenters. The Balaban J connectivity index is 1.95. The van der Waals surface area contributed by atoms with E-state index in [1.807, 2.05) is 19.2 Å². The molecule has 1 atom stereocenters. The van der Waals surface area contributed by atoms with E-state index < -0.39 is 0 Å². The number of pyridine rings is 1. The van der Waals surface area contributed by atoms with Gasteiger partial charge in [-0.3, -0.25) is 15.1 Å². The highest BCUT2D eigenvalue weighted by Crippen LogP contribution is 2.33. The maximum atomic E-state index is 11.6. The number of hydrogen-bond donors (Lipinski definition) is 1. The van der Waals surface area contributed by atoms with Gasteiger partial charge in [-0.25, -0.2) is 0 Å². The van der Waals surface area contributed by atoms with Crippen molar-refractivity contribution in [2.24, 2.45) is 5.92 Å². The van der Waals surface area contributed by atoms with Crippen LogP contribution in [-0.2, 0) is 16.1 Å². The van der Waals surface area contributed by atoms with Crippen molar-refractivity contribution in [2.45, 2.75) is 32.4 Å². The topological polar surface area (TPSA) is 51.2 Å². The molecule has 0 bridgehead atoms. The van der Waals surface area contributed by atoms with Gasteiger partial charge in [0.2, 0.25) is 0 Å². The fraction of sp³-hybridized carbons (Fsp3) is 0.538. The number of nitrogens with one attached hydrogen (secondary N) is 1. The summed E-state index contributed by atoms with van der Waals surface area (Å²) in [5, 5.41) is 3.27. The van der Waals surface area contributed by atoms with Crippen molar-refractivity contribution in [2.75, 3.05) is 7.11 Å². The summed E-state index contributed by atoms with van der Waals surface area (Å²) < 4.78 is 4.82. The van der Waals surface area contributed by atoms with Gasteiger partial charge in [0.25, 0.3) is 0 Å². The first-order chi connectivity index (χ1) is 8.22. The van der Waals surface area contributed by atoms with Crippen LogP contribution in [0.25, 0.3) is 0 Å². The monoisotopic (exact) mass is 234 g/mol. The summed E-state index contributed by atoms with van der Waals surface area (Å²) in [6.45, 7) is 2.71. The van der Waals surface area contributed by atoms with Crippen LogP contribution in [0.3, 0.4) is 0 Å². The molecule has 0 aromatic carbocycles. The predicted octanol–water partition coefficient (Wildman–Crippen LogP) is 1.43. The van der Waals surface area contributed by atoms with Crippen LogP contribution in [0.1, 0.15) is 24.0 Å². The molecule has 0 saturated heterocycles. The molecule has 92 valence electrons. The van der Waals surface area contributed by atoms with E-state index in [1.54, 1.807) is 6.20 Å². The number of methoxy groups -OCH3 is 1. The first-order valence-corrected chi connectivity index (χ1v) is 5.93. The summed E-state index contributed by atoms with van der Waals surface area (Å²) in [6, 6.07) is 1.81. The van der Waals surface area contributed by atoms with Gasteiger partial charge in [0.1, 0.15) is 6.04 Å². The largest absolute Gasteiger partial charge is 0.468 e. The van der Waals surface area contributed by atoms with E-state index >= 15 is 0 Å². The van der Waals surface area contributed by atoms with Crippen LogP contribution in [0.4, 0.5) is 0 Å². The van der Waals surface area contributed by atoms with E-state index in [4.69, 9.17) is 4.74 Å². The average molecular weight is 234 g/mol. The Bertz CT molecular complexity index is 402. The van der Waals surface area contributed by atoms with Crippen LogP contribution in [0, 0.1) is 12.8 Å². The molecular weight excluding hydrogens is 216 g/mol. The third-order valence-corrected chi connectivity index (χ3v) is 3.21. The zero-order valence-electron chi connectivity index (χ0n) is 10.3. The highest BCUT2D eigenvalue weighted by Gasteiger charge is 2.36. The molecular formula is C13H18N2O2. The van der Waals surface area contributed by atoms with Crippen LogP contribution < -0.4 is 5.32 Å². The first-order valence-electron chi connectivity index (χ1n) is 5.93. The molecule has 17 heavy (non-hydrogen) atoms. The van der Waals surface area contributed by atoms with Crippen molar-refractivity contribution < 1.29 is 9.53 Å². The number of aryl methyl sites for hydroxylation is 1. The van der Waals surface area contributed by atoms with Crippen LogP contribution in [0.2, 0.25) is 0 Å². The summed E-state index contributed by atoms with van der Waals surface area (Å²) in [5.74, 6) is 0.286. The number of rotatable bonds is 5. The SMILES string of the molecule is COC(=O)C(NCc1cnccc1C)C1CC1. The lowest BCUT2D eigenvalue weighted by Gasteiger charge is -2.16. The molecule has 1 heterocycles. The molecule has 1 fully saturated rings. The van der Waals surface area contributed by atoms with Crippen LogP contribution >= 0.6 is 0 Å². The number of nitrogens with zero attached hydrogens (tertiary/aromatic N) is 1. The number of hydrogen-bond acceptors (Lipinski definition) is 4. The Hall–Kier alpha value is -1.42. The second kappa shape index (κ2) is 5.27. The summed E-state index contributed by atoms with van der Waals surface area (Å²) in [6.07, 6.45) is 5.83. The van der Waals surface area contributed by atoms with Gasteiger partial charge in [-0.1, -0.05) is 0 Å². The van der Waals surface area contributed by atoms with Gasteiger partial charge in [0.15, 0.2) is 0 Å². The maximum Gasteiger partial charge on any atom is 0.323 e. The van der Waals surface area contributed by atoms with E-state index in [0.717, 1.165) is 18.4 Å². The summed E-state index contributed by atoms with van der Waals surface area (Å²) in [4.78, 5) is 15.7. The minimum Gasteiger partial charge on any atom is -0.468 e. The quantitative estimate of drug-likeness (QED) is 0.783. The first kappa shape index (κ1) is 12.0. The Morgan fingerprint density at radius 3 is 3.00 bits per heavy atom. The van der Waals surface area contributed by atoms with Crippen LogP contribution in [0.15, 0.2) is 18.5 Å². The molecule has 1 aromatic rings. The summed E-state index contributed by atoms with van der Waals surface area (Å²) >= 11 is 0. The van der Waals surface area contributed by atoms with Crippen molar-refractivity contribution in [3.05, 3.63) is 29.6 Å². The third kappa shape index (κ3) is 3.03. The molecule has 1 aliphatic carbocycles. The molecule has 1 saturated carbocycles. The fourth-order valence-electron chi connectivity index (χ4n) is 1.90. The van der Waals surface area contributed by atoms with Crippen molar-refractivity contribution in [1.82, 2.24) is 10.3 Å². The van der Waals surface area contributed by atoms with Crippen molar-refractivity contribution in [3.8, 4) is 0 Å². The van der Waals surface area contributed by atoms with Gasteiger partial charge in [0, 0.05) is 18.9 Å². The number of aromatic nitrogens is 1. The van der Waals surface area contributed by atoms with E-state index in [2.05, 4.69) is 10.3 Å². The molecule has 0 amide bonds. The number of carbonyl (C=O) groups is 1. The summed E-state index contributed by atoms with van der Waals surface area (Å²) in [7, 11) is 1.44. The van der Waals surface area contributed by atoms with Gasteiger partial charge in [-0.05, 0) is 42.9 Å². The Morgan fingerprint density at radius 1 is 1.65 bits per heavy atom. The molecule has 4 heteroatoms. The van der Waals surface area contributed by atoms with Gasteiger partial charge in [0.05, 0.1) is 7.11 Å². The molecule has 1 aromatic heterocycles. The van der Waals surface area contributed by atoms with Gasteiger partial charge in [-0.15, -0.1) is 0 Å². The summed E-state index contributed by atoms with van der Waals surface area (Å²) in [5.41, 5.74) is 2.31. The molecule has 0 radical (unpaired) electrons. The van der Waals surface area contributed by atoms with Crippen LogP contribution in [-0.4, -0.2) is 24.1 Å². The van der Waals surface area contributed by atoms with E-state index in [0.29, 0.717) is 12.5 Å². The number of ether oxygens (including phenoxy) is 1. The maximum absolute atomic E-state index is 11.6. The lowest BCUT2D eigenvalue weighted by molar-refractivity contribution is -0.143. The Morgan fingerprint density at radius 2 is 2.41 bits per heavy atom. The Kier molecular flexibility index (Phi) is 3.74. The lowest BCUT2D eigenvalue weighted by Crippen LogP contribution is -2.39. The number of carbonyl (C=O) groups excluding carboxylic acids is 1. The minimum atomic E-state index is -0.167. The lowest BCUT2D eigenvalue weighted by atomic mass is 10.1. The highest BCUT2D eigenvalue weighted by atomic mass is 16.5. The zero-order chi connectivity index (χ0) is 12.3. The Labute approximate surface area is 101 Å². The zero-order valence-corrected chi connectivity index (χ0v) is 10.3. The molecule has 4 nitrogen and oxygen atoms in total. The number of esters is 1. The smallest absolute Gasteiger partial charge is 0.323 e. The van der Waals surface area contributed by atoms with E-state index in [-0.39, 0.29) is 12.0 Å². The minimum absolute atomic E-state index is 0.158.